The molecule has 0 saturated heterocycles. The van der Waals surface area contributed by atoms with Gasteiger partial charge in [-0.25, -0.2) is 17.9 Å². The second kappa shape index (κ2) is 8.35. The predicted molar refractivity (Wildman–Crippen MR) is 111 cm³/mol. The fourth-order valence-corrected chi connectivity index (χ4v) is 4.17. The molecule has 3 aromatic rings. The van der Waals surface area contributed by atoms with Gasteiger partial charge in [0, 0.05) is 18.0 Å². The monoisotopic (exact) mass is 456 g/mol. The van der Waals surface area contributed by atoms with Crippen LogP contribution in [0.2, 0.25) is 5.02 Å². The number of aryl methyl sites for hydroxylation is 1. The van der Waals surface area contributed by atoms with E-state index in [0.717, 1.165) is 6.26 Å². The number of carbonyl (C=O) groups excluding carboxylic acids is 1. The average molecular weight is 457 g/mol. The summed E-state index contributed by atoms with van der Waals surface area (Å²) >= 11 is 7.48. The van der Waals surface area contributed by atoms with E-state index in [-0.39, 0.29) is 5.82 Å². The number of pyridine rings is 1. The van der Waals surface area contributed by atoms with Gasteiger partial charge in [-0.1, -0.05) is 16.8 Å². The molecule has 2 N–H and O–H groups in total. The van der Waals surface area contributed by atoms with E-state index in [1.165, 1.54) is 28.3 Å². The molecule has 29 heavy (non-hydrogen) atoms. The molecule has 1 amide bonds. The quantitative estimate of drug-likeness (QED) is 0.582. The summed E-state index contributed by atoms with van der Waals surface area (Å²) in [6.07, 6.45) is 1.13. The van der Waals surface area contributed by atoms with Crippen molar-refractivity contribution >= 4 is 50.6 Å². The lowest BCUT2D eigenvalue weighted by molar-refractivity contribution is 0.121. The minimum atomic E-state index is -3.41. The second-order valence-corrected chi connectivity index (χ2v) is 8.96. The minimum Gasteiger partial charge on any atom is -0.441 e. The summed E-state index contributed by atoms with van der Waals surface area (Å²) in [5.74, 6) is 0.273. The fourth-order valence-electron chi connectivity index (χ4n) is 2.41. The number of aromatic nitrogens is 4. The van der Waals surface area contributed by atoms with E-state index in [1.54, 1.807) is 25.4 Å². The van der Waals surface area contributed by atoms with Gasteiger partial charge in [0.25, 0.3) is 0 Å². The number of thiophene rings is 1. The highest BCUT2D eigenvalue weighted by Crippen LogP contribution is 2.30. The first-order valence-electron chi connectivity index (χ1n) is 8.17. The Kier molecular flexibility index (Phi) is 6.05. The maximum absolute atomic E-state index is 12.3. The number of hydrogen-bond acceptors (Lipinski definition) is 8. The molecule has 0 unspecified atom stereocenters. The van der Waals surface area contributed by atoms with Gasteiger partial charge in [0.15, 0.2) is 11.5 Å². The Labute approximate surface area is 175 Å². The molecule has 0 spiro atoms. The summed E-state index contributed by atoms with van der Waals surface area (Å²) in [4.78, 5) is 16.5. The molecule has 154 valence electrons. The molecular formula is C16H17ClN6O4S2. The average Bonchev–Trinajstić information content (AvgIpc) is 3.21. The smallest absolute Gasteiger partial charge is 0.413 e. The Morgan fingerprint density at radius 3 is 2.69 bits per heavy atom. The zero-order valence-electron chi connectivity index (χ0n) is 15.6. The lowest BCUT2D eigenvalue weighted by Crippen LogP contribution is -2.18. The molecule has 0 aliphatic carbocycles. The summed E-state index contributed by atoms with van der Waals surface area (Å²) in [5, 5.41) is 14.6. The summed E-state index contributed by atoms with van der Waals surface area (Å²) in [7, 11) is -1.81. The van der Waals surface area contributed by atoms with Gasteiger partial charge in [-0.05, 0) is 24.4 Å². The van der Waals surface area contributed by atoms with Gasteiger partial charge >= 0.3 is 6.09 Å². The van der Waals surface area contributed by atoms with E-state index in [0.29, 0.717) is 27.7 Å². The molecule has 1 atom stereocenters. The van der Waals surface area contributed by atoms with Crippen molar-refractivity contribution in [3.63, 3.8) is 0 Å². The molecule has 3 rings (SSSR count). The highest BCUT2D eigenvalue weighted by Gasteiger charge is 2.20. The Hall–Kier alpha value is -2.70. The number of rotatable bonds is 6. The van der Waals surface area contributed by atoms with Crippen LogP contribution in [0.15, 0.2) is 29.1 Å². The Bertz CT molecular complexity index is 1130. The molecular weight excluding hydrogens is 440 g/mol. The minimum absolute atomic E-state index is 0.273. The molecule has 0 saturated carbocycles. The van der Waals surface area contributed by atoms with Crippen LogP contribution >= 0.6 is 22.9 Å². The van der Waals surface area contributed by atoms with Gasteiger partial charge < -0.3 is 4.74 Å². The molecule has 0 bridgehead atoms. The van der Waals surface area contributed by atoms with E-state index < -0.39 is 22.2 Å². The molecule has 0 aromatic carbocycles. The first-order valence-corrected chi connectivity index (χ1v) is 11.4. The third-order valence-corrected chi connectivity index (χ3v) is 5.55. The highest BCUT2D eigenvalue weighted by atomic mass is 35.5. The van der Waals surface area contributed by atoms with E-state index in [9.17, 15) is 13.2 Å². The Morgan fingerprint density at radius 2 is 2.10 bits per heavy atom. The third-order valence-electron chi connectivity index (χ3n) is 3.72. The van der Waals surface area contributed by atoms with Crippen molar-refractivity contribution in [3.8, 4) is 11.4 Å². The van der Waals surface area contributed by atoms with Crippen LogP contribution in [-0.2, 0) is 21.8 Å². The van der Waals surface area contributed by atoms with Crippen molar-refractivity contribution < 1.29 is 17.9 Å². The van der Waals surface area contributed by atoms with Gasteiger partial charge in [-0.3, -0.25) is 15.0 Å². The van der Waals surface area contributed by atoms with Crippen molar-refractivity contribution in [2.24, 2.45) is 7.05 Å². The largest absolute Gasteiger partial charge is 0.441 e. The first-order chi connectivity index (χ1) is 13.6. The van der Waals surface area contributed by atoms with Crippen LogP contribution in [0.1, 0.15) is 18.6 Å². The van der Waals surface area contributed by atoms with Crippen LogP contribution in [0.3, 0.4) is 0 Å². The number of nitrogens with zero attached hydrogens (tertiary/aromatic N) is 4. The summed E-state index contributed by atoms with van der Waals surface area (Å²) in [6.45, 7) is 1.71. The van der Waals surface area contributed by atoms with Gasteiger partial charge in [-0.15, -0.1) is 5.10 Å². The van der Waals surface area contributed by atoms with Crippen LogP contribution in [0, 0.1) is 0 Å². The number of halogens is 1. The number of carbonyl (C=O) groups is 1. The van der Waals surface area contributed by atoms with Gasteiger partial charge in [-0.2, -0.15) is 11.3 Å². The zero-order valence-corrected chi connectivity index (χ0v) is 18.0. The topological polar surface area (TPSA) is 128 Å². The van der Waals surface area contributed by atoms with Crippen molar-refractivity contribution in [2.75, 3.05) is 16.3 Å². The molecule has 0 aliphatic rings. The molecule has 13 heteroatoms. The van der Waals surface area contributed by atoms with Gasteiger partial charge in [0.2, 0.25) is 10.0 Å². The first kappa shape index (κ1) is 21.0. The van der Waals surface area contributed by atoms with Crippen LogP contribution in [0.4, 0.5) is 16.3 Å². The number of anilines is 2. The molecule has 0 radical (unpaired) electrons. The lowest BCUT2D eigenvalue weighted by atomic mass is 10.2. The maximum atomic E-state index is 12.3. The molecule has 0 aliphatic heterocycles. The van der Waals surface area contributed by atoms with E-state index >= 15 is 0 Å². The number of ether oxygens (including phenoxy) is 1. The van der Waals surface area contributed by atoms with Crippen LogP contribution in [0.25, 0.3) is 11.4 Å². The summed E-state index contributed by atoms with van der Waals surface area (Å²) in [6, 6.07) is 3.09. The van der Waals surface area contributed by atoms with E-state index in [1.807, 2.05) is 5.38 Å². The van der Waals surface area contributed by atoms with Crippen LogP contribution < -0.4 is 10.0 Å². The molecule has 3 aromatic heterocycles. The van der Waals surface area contributed by atoms with Crippen molar-refractivity contribution in [2.45, 2.75) is 13.0 Å². The van der Waals surface area contributed by atoms with Crippen molar-refractivity contribution in [3.05, 3.63) is 39.7 Å². The summed E-state index contributed by atoms with van der Waals surface area (Å²) in [5.41, 5.74) is 1.71. The molecule has 0 fully saturated rings. The number of hydrogen-bond donors (Lipinski definition) is 2. The summed E-state index contributed by atoms with van der Waals surface area (Å²) < 4.78 is 31.6. The number of amides is 1. The fraction of sp³-hybridized carbons (Fsp3) is 0.250. The van der Waals surface area contributed by atoms with Gasteiger partial charge in [0.1, 0.15) is 6.10 Å². The Balaban J connectivity index is 1.76. The predicted octanol–water partition coefficient (Wildman–Crippen LogP) is 3.27. The highest BCUT2D eigenvalue weighted by molar-refractivity contribution is 7.92. The van der Waals surface area contributed by atoms with Crippen LogP contribution in [-0.4, -0.2) is 40.7 Å². The zero-order chi connectivity index (χ0) is 21.2. The normalized spacial score (nSPS) is 12.4. The third kappa shape index (κ3) is 5.22. The lowest BCUT2D eigenvalue weighted by Gasteiger charge is -2.14. The number of nitrogens with one attached hydrogen (secondary N) is 2. The van der Waals surface area contributed by atoms with Crippen molar-refractivity contribution in [1.29, 1.82) is 0 Å². The molecule has 3 heterocycles. The van der Waals surface area contributed by atoms with Gasteiger partial charge in [0.05, 0.1) is 28.9 Å². The molecule has 10 nitrogen and oxygen atoms in total. The number of sulfonamides is 1. The SMILES string of the molecule is C[C@@H](OC(=O)Nc1c(-c2ccc(NS(C)(=O)=O)cn2)nnn1C)c1cscc1Cl. The van der Waals surface area contributed by atoms with Crippen molar-refractivity contribution in [1.82, 2.24) is 20.0 Å². The maximum Gasteiger partial charge on any atom is 0.413 e. The van der Waals surface area contributed by atoms with E-state index in [2.05, 4.69) is 25.3 Å². The second-order valence-electron chi connectivity index (χ2n) is 6.06. The Morgan fingerprint density at radius 1 is 1.34 bits per heavy atom. The van der Waals surface area contributed by atoms with Crippen LogP contribution in [0.5, 0.6) is 0 Å². The standard InChI is InChI=1S/C16H17ClN6O4S2/c1-9(11-7-28-8-12(11)17)27-16(24)19-15-14(20-22-23(15)2)13-5-4-10(6-18-13)21-29(3,25)26/h4-9,21H,1-3H3,(H,19,24)/t9-/m1/s1. The van der Waals surface area contributed by atoms with E-state index in [4.69, 9.17) is 16.3 Å².